The molecular weight excluding hydrogens is 428 g/mol. The van der Waals surface area contributed by atoms with Gasteiger partial charge in [0.1, 0.15) is 15.8 Å². The van der Waals surface area contributed by atoms with Gasteiger partial charge in [-0.05, 0) is 50.8 Å². The summed E-state index contributed by atoms with van der Waals surface area (Å²) in [7, 11) is 0. The number of carbonyl (C=O) groups is 1. The predicted octanol–water partition coefficient (Wildman–Crippen LogP) is 4.63. The molecule has 2 aromatic heterocycles. The van der Waals surface area contributed by atoms with Gasteiger partial charge in [-0.3, -0.25) is 18.9 Å². The van der Waals surface area contributed by atoms with E-state index in [1.165, 1.54) is 11.8 Å². The zero-order valence-corrected chi connectivity index (χ0v) is 20.5. The van der Waals surface area contributed by atoms with Crippen molar-refractivity contribution >= 4 is 51.7 Å². The highest BCUT2D eigenvalue weighted by atomic mass is 32.2. The van der Waals surface area contributed by atoms with E-state index < -0.39 is 0 Å². The number of amides is 1. The van der Waals surface area contributed by atoms with Gasteiger partial charge < -0.3 is 4.90 Å². The normalized spacial score (nSPS) is 16.5. The van der Waals surface area contributed by atoms with Crippen molar-refractivity contribution in [2.75, 3.05) is 18.0 Å². The molecule has 0 N–H and O–H groups in total. The quantitative estimate of drug-likeness (QED) is 0.425. The molecule has 0 aliphatic carbocycles. The number of carbonyl (C=O) groups excluding carboxylic acids is 1. The second-order valence-electron chi connectivity index (χ2n) is 7.88. The van der Waals surface area contributed by atoms with Crippen LogP contribution in [-0.2, 0) is 4.79 Å². The topological polar surface area (TPSA) is 57.9 Å². The first-order valence-corrected chi connectivity index (χ1v) is 12.1. The van der Waals surface area contributed by atoms with Gasteiger partial charge in [-0.2, -0.15) is 0 Å². The summed E-state index contributed by atoms with van der Waals surface area (Å²) in [5.74, 6) is 0.493. The summed E-state index contributed by atoms with van der Waals surface area (Å²) in [5.41, 5.74) is 1.84. The van der Waals surface area contributed by atoms with Crippen molar-refractivity contribution in [1.82, 2.24) is 14.3 Å². The first-order chi connectivity index (χ1) is 14.8. The Labute approximate surface area is 193 Å². The van der Waals surface area contributed by atoms with Crippen molar-refractivity contribution in [3.05, 3.63) is 44.7 Å². The monoisotopic (exact) mass is 458 g/mol. The van der Waals surface area contributed by atoms with Gasteiger partial charge >= 0.3 is 0 Å². The fraction of sp³-hybridized carbons (Fsp3) is 0.478. The SMILES string of the molecule is CCCN(CCC)c1nc2ccc(C)cn2c(=O)c1/C=C1\SC(=S)N([C@H](C)CC)C1=O. The summed E-state index contributed by atoms with van der Waals surface area (Å²) in [6.45, 7) is 11.7. The van der Waals surface area contributed by atoms with Crippen molar-refractivity contribution in [1.29, 1.82) is 0 Å². The van der Waals surface area contributed by atoms with Gasteiger partial charge in [0.2, 0.25) is 0 Å². The number of thioether (sulfide) groups is 1. The van der Waals surface area contributed by atoms with Crippen molar-refractivity contribution in [2.45, 2.75) is 59.9 Å². The lowest BCUT2D eigenvalue weighted by Crippen LogP contribution is -2.36. The average Bonchev–Trinajstić information content (AvgIpc) is 3.02. The number of fused-ring (bicyclic) bond motifs is 1. The molecule has 31 heavy (non-hydrogen) atoms. The Hall–Kier alpha value is -2.19. The maximum absolute atomic E-state index is 13.5. The highest BCUT2D eigenvalue weighted by Crippen LogP contribution is 2.35. The molecule has 0 saturated carbocycles. The molecule has 0 bridgehead atoms. The van der Waals surface area contributed by atoms with E-state index >= 15 is 0 Å². The second-order valence-corrected chi connectivity index (χ2v) is 9.56. The van der Waals surface area contributed by atoms with Crippen LogP contribution >= 0.6 is 24.0 Å². The molecule has 2 aromatic rings. The predicted molar refractivity (Wildman–Crippen MR) is 134 cm³/mol. The minimum atomic E-state index is -0.172. The molecule has 6 nitrogen and oxygen atoms in total. The summed E-state index contributed by atoms with van der Waals surface area (Å²) in [4.78, 5) is 35.8. The van der Waals surface area contributed by atoms with Gasteiger partial charge in [0, 0.05) is 25.3 Å². The summed E-state index contributed by atoms with van der Waals surface area (Å²) < 4.78 is 2.10. The Morgan fingerprint density at radius 1 is 1.19 bits per heavy atom. The Balaban J connectivity index is 2.22. The van der Waals surface area contributed by atoms with Gasteiger partial charge in [-0.25, -0.2) is 4.98 Å². The lowest BCUT2D eigenvalue weighted by atomic mass is 10.2. The molecule has 1 saturated heterocycles. The van der Waals surface area contributed by atoms with E-state index in [9.17, 15) is 9.59 Å². The fourth-order valence-electron chi connectivity index (χ4n) is 3.65. The molecule has 3 rings (SSSR count). The lowest BCUT2D eigenvalue weighted by Gasteiger charge is -2.24. The molecule has 0 unspecified atom stereocenters. The van der Waals surface area contributed by atoms with Gasteiger partial charge in [0.15, 0.2) is 0 Å². The number of anilines is 1. The number of pyridine rings is 1. The number of hydrogen-bond donors (Lipinski definition) is 0. The number of aromatic nitrogens is 2. The van der Waals surface area contributed by atoms with Crippen LogP contribution in [0.4, 0.5) is 5.82 Å². The first-order valence-electron chi connectivity index (χ1n) is 10.9. The standard InChI is InChI=1S/C23H30N4O2S2/c1-6-11-25(12-7-2)20-17(21(28)26-14-15(4)9-10-19(26)24-20)13-18-22(29)27(16(5)8-3)23(30)31-18/h9-10,13-14,16H,6-8,11-12H2,1-5H3/b18-13-/t16-/m1/s1. The van der Waals surface area contributed by atoms with Crippen LogP contribution < -0.4 is 10.5 Å². The first kappa shape index (κ1) is 23.5. The van der Waals surface area contributed by atoms with E-state index in [4.69, 9.17) is 17.2 Å². The van der Waals surface area contributed by atoms with Crippen LogP contribution in [0, 0.1) is 6.92 Å². The second kappa shape index (κ2) is 9.96. The largest absolute Gasteiger partial charge is 0.356 e. The Morgan fingerprint density at radius 3 is 2.48 bits per heavy atom. The van der Waals surface area contributed by atoms with Crippen LogP contribution in [0.3, 0.4) is 0 Å². The molecule has 1 aliphatic rings. The van der Waals surface area contributed by atoms with Crippen LogP contribution in [-0.4, -0.2) is 43.6 Å². The maximum atomic E-state index is 13.5. The summed E-state index contributed by atoms with van der Waals surface area (Å²) in [5, 5.41) is 0. The smallest absolute Gasteiger partial charge is 0.267 e. The molecule has 0 aromatic carbocycles. The third-order valence-electron chi connectivity index (χ3n) is 5.40. The molecule has 0 spiro atoms. The highest BCUT2D eigenvalue weighted by molar-refractivity contribution is 8.26. The summed E-state index contributed by atoms with van der Waals surface area (Å²) in [6.07, 6.45) is 6.17. The van der Waals surface area contributed by atoms with E-state index in [1.807, 2.05) is 32.9 Å². The number of nitrogens with zero attached hydrogens (tertiary/aromatic N) is 4. The van der Waals surface area contributed by atoms with Crippen LogP contribution in [0.2, 0.25) is 0 Å². The lowest BCUT2D eigenvalue weighted by molar-refractivity contribution is -0.123. The molecule has 1 atom stereocenters. The van der Waals surface area contributed by atoms with Crippen LogP contribution in [0.1, 0.15) is 58.1 Å². The van der Waals surface area contributed by atoms with Crippen molar-refractivity contribution in [2.24, 2.45) is 0 Å². The third-order valence-corrected chi connectivity index (χ3v) is 6.73. The minimum Gasteiger partial charge on any atom is -0.356 e. The Bertz CT molecular complexity index is 1090. The number of hydrogen-bond acceptors (Lipinski definition) is 6. The molecule has 166 valence electrons. The summed E-state index contributed by atoms with van der Waals surface area (Å²) in [6, 6.07) is 3.84. The molecule has 8 heteroatoms. The maximum Gasteiger partial charge on any atom is 0.267 e. The Kier molecular flexibility index (Phi) is 7.54. The number of aryl methyl sites for hydroxylation is 1. The van der Waals surface area contributed by atoms with Crippen molar-refractivity contribution in [3.8, 4) is 0 Å². The minimum absolute atomic E-state index is 0.0213. The van der Waals surface area contributed by atoms with Gasteiger partial charge in [0.25, 0.3) is 11.5 Å². The molecule has 0 radical (unpaired) electrons. The van der Waals surface area contributed by atoms with Crippen LogP contribution in [0.15, 0.2) is 28.0 Å². The molecule has 3 heterocycles. The van der Waals surface area contributed by atoms with Gasteiger partial charge in [0.05, 0.1) is 10.5 Å². The average molecular weight is 459 g/mol. The zero-order chi connectivity index (χ0) is 22.7. The van der Waals surface area contributed by atoms with E-state index in [1.54, 1.807) is 21.6 Å². The van der Waals surface area contributed by atoms with E-state index in [-0.39, 0.29) is 17.5 Å². The molecular formula is C23H30N4O2S2. The van der Waals surface area contributed by atoms with Crippen molar-refractivity contribution in [3.63, 3.8) is 0 Å². The van der Waals surface area contributed by atoms with Crippen LogP contribution in [0.25, 0.3) is 11.7 Å². The van der Waals surface area contributed by atoms with Crippen molar-refractivity contribution < 1.29 is 4.79 Å². The fourth-order valence-corrected chi connectivity index (χ4v) is 5.10. The van der Waals surface area contributed by atoms with Crippen LogP contribution in [0.5, 0.6) is 0 Å². The zero-order valence-electron chi connectivity index (χ0n) is 18.8. The molecule has 1 aliphatic heterocycles. The van der Waals surface area contributed by atoms with E-state index in [0.717, 1.165) is 37.9 Å². The number of rotatable bonds is 8. The third kappa shape index (κ3) is 4.70. The van der Waals surface area contributed by atoms with Gasteiger partial charge in [-0.1, -0.05) is 50.8 Å². The summed E-state index contributed by atoms with van der Waals surface area (Å²) >= 11 is 6.72. The highest BCUT2D eigenvalue weighted by Gasteiger charge is 2.35. The Morgan fingerprint density at radius 2 is 1.87 bits per heavy atom. The molecule has 1 fully saturated rings. The molecule has 1 amide bonds. The number of thiocarbonyl (C=S) groups is 1. The van der Waals surface area contributed by atoms with E-state index in [2.05, 4.69) is 18.7 Å². The van der Waals surface area contributed by atoms with E-state index in [0.29, 0.717) is 26.3 Å². The van der Waals surface area contributed by atoms with Gasteiger partial charge in [-0.15, -0.1) is 0 Å².